The van der Waals surface area contributed by atoms with Crippen molar-refractivity contribution in [3.05, 3.63) is 30.0 Å². The largest absolute Gasteiger partial charge is 0.496 e. The second-order valence-electron chi connectivity index (χ2n) is 9.12. The summed E-state index contributed by atoms with van der Waals surface area (Å²) in [7, 11) is 1.58. The van der Waals surface area contributed by atoms with Crippen LogP contribution in [0.2, 0.25) is 0 Å². The zero-order chi connectivity index (χ0) is 23.7. The van der Waals surface area contributed by atoms with E-state index in [-0.39, 0.29) is 41.9 Å². The minimum atomic E-state index is -0.783. The van der Waals surface area contributed by atoms with Crippen LogP contribution in [0, 0.1) is 29.1 Å². The third-order valence-corrected chi connectivity index (χ3v) is 6.76. The highest BCUT2D eigenvalue weighted by atomic mass is 16.5. The number of fused-ring (bicyclic) bond motifs is 1. The highest BCUT2D eigenvalue weighted by Crippen LogP contribution is 2.34. The molecule has 4 atom stereocenters. The van der Waals surface area contributed by atoms with E-state index in [1.165, 1.54) is 0 Å². The quantitative estimate of drug-likeness (QED) is 0.592. The van der Waals surface area contributed by atoms with E-state index >= 15 is 0 Å². The van der Waals surface area contributed by atoms with Crippen LogP contribution in [0.5, 0.6) is 5.75 Å². The molecule has 174 valence electrons. The fourth-order valence-electron chi connectivity index (χ4n) is 4.79. The second-order valence-corrected chi connectivity index (χ2v) is 9.12. The number of carbonyl (C=O) groups excluding carboxylic acids is 3. The van der Waals surface area contributed by atoms with Gasteiger partial charge in [-0.25, -0.2) is 0 Å². The molecule has 2 aromatic rings. The van der Waals surface area contributed by atoms with E-state index in [1.54, 1.807) is 18.1 Å². The van der Waals surface area contributed by atoms with E-state index in [2.05, 4.69) is 21.7 Å². The molecule has 2 fully saturated rings. The molecule has 3 N–H and O–H groups in total. The van der Waals surface area contributed by atoms with Crippen molar-refractivity contribution in [1.29, 1.82) is 5.26 Å². The number of hydrogen-bond donors (Lipinski definition) is 3. The zero-order valence-electron chi connectivity index (χ0n) is 19.1. The fraction of sp³-hybridized carbons (Fsp3) is 0.500. The molecule has 0 spiro atoms. The molecule has 2 saturated heterocycles. The number of likely N-dealkylation sites (tertiary alicyclic amines) is 1. The highest BCUT2D eigenvalue weighted by molar-refractivity contribution is 6.02. The maximum absolute atomic E-state index is 13.3. The maximum atomic E-state index is 13.3. The maximum Gasteiger partial charge on any atom is 0.271 e. The number of H-pyrrole nitrogens is 1. The Morgan fingerprint density at radius 3 is 2.79 bits per heavy atom. The molecule has 1 aromatic heterocycles. The van der Waals surface area contributed by atoms with Crippen LogP contribution < -0.4 is 15.4 Å². The summed E-state index contributed by atoms with van der Waals surface area (Å²) in [6.45, 7) is 5.09. The van der Waals surface area contributed by atoms with E-state index in [1.807, 2.05) is 32.0 Å². The third kappa shape index (κ3) is 4.25. The van der Waals surface area contributed by atoms with Gasteiger partial charge in [0, 0.05) is 35.8 Å². The molecule has 33 heavy (non-hydrogen) atoms. The lowest BCUT2D eigenvalue weighted by atomic mass is 9.79. The number of benzene rings is 1. The van der Waals surface area contributed by atoms with Crippen molar-refractivity contribution >= 4 is 28.6 Å². The molecule has 2 aliphatic rings. The van der Waals surface area contributed by atoms with Crippen molar-refractivity contribution in [3.63, 3.8) is 0 Å². The monoisotopic (exact) mass is 451 g/mol. The van der Waals surface area contributed by atoms with Gasteiger partial charge in [-0.05, 0) is 37.0 Å². The lowest BCUT2D eigenvalue weighted by Crippen LogP contribution is -2.66. The molecule has 9 nitrogen and oxygen atoms in total. The van der Waals surface area contributed by atoms with Gasteiger partial charge in [-0.3, -0.25) is 14.4 Å². The molecule has 4 rings (SSSR count). The van der Waals surface area contributed by atoms with Crippen LogP contribution in [0.25, 0.3) is 10.9 Å². The predicted octanol–water partition coefficient (Wildman–Crippen LogP) is 1.81. The Balaban J connectivity index is 1.51. The molecule has 2 aliphatic heterocycles. The summed E-state index contributed by atoms with van der Waals surface area (Å²) in [5.74, 6) is -0.152. The lowest BCUT2D eigenvalue weighted by molar-refractivity contribution is -0.135. The van der Waals surface area contributed by atoms with Gasteiger partial charge in [0.2, 0.25) is 11.8 Å². The number of nitrogens with one attached hydrogen (secondary N) is 3. The summed E-state index contributed by atoms with van der Waals surface area (Å²) in [5, 5.41) is 15.9. The minimum absolute atomic E-state index is 0.0120. The van der Waals surface area contributed by atoms with Crippen molar-refractivity contribution < 1.29 is 19.1 Å². The van der Waals surface area contributed by atoms with E-state index in [9.17, 15) is 19.6 Å². The number of rotatable bonds is 7. The summed E-state index contributed by atoms with van der Waals surface area (Å²) in [4.78, 5) is 43.1. The molecule has 0 saturated carbocycles. The van der Waals surface area contributed by atoms with Crippen LogP contribution in [0.1, 0.15) is 37.2 Å². The normalized spacial score (nSPS) is 23.1. The van der Waals surface area contributed by atoms with Crippen molar-refractivity contribution in [2.24, 2.45) is 17.8 Å². The van der Waals surface area contributed by atoms with Gasteiger partial charge in [-0.1, -0.05) is 19.9 Å². The van der Waals surface area contributed by atoms with Crippen LogP contribution in [-0.4, -0.2) is 59.9 Å². The van der Waals surface area contributed by atoms with Gasteiger partial charge < -0.3 is 25.3 Å². The first-order chi connectivity index (χ1) is 15.8. The number of amides is 3. The van der Waals surface area contributed by atoms with Gasteiger partial charge in [0.25, 0.3) is 5.91 Å². The number of methoxy groups -OCH3 is 1. The van der Waals surface area contributed by atoms with E-state index in [0.29, 0.717) is 31.0 Å². The lowest BCUT2D eigenvalue weighted by Gasteiger charge is -2.48. The standard InChI is InChI=1S/C24H29N5O4/c1-13(2)17-12-29(24(32)19-10-16-18(28-19)5-4-6-20(16)33-3)21(17)23(31)27-15(11-25)9-14-7-8-26-22(14)30/h4-6,10,13-15,17,21,28H,7-9,12H2,1-3H3,(H,26,30)(H,27,31). The van der Waals surface area contributed by atoms with Crippen LogP contribution in [0.4, 0.5) is 0 Å². The number of nitriles is 1. The minimum Gasteiger partial charge on any atom is -0.496 e. The van der Waals surface area contributed by atoms with Gasteiger partial charge in [0.15, 0.2) is 0 Å². The Kier molecular flexibility index (Phi) is 6.27. The van der Waals surface area contributed by atoms with Crippen molar-refractivity contribution in [2.45, 2.75) is 38.8 Å². The predicted molar refractivity (Wildman–Crippen MR) is 121 cm³/mol. The van der Waals surface area contributed by atoms with Crippen LogP contribution >= 0.6 is 0 Å². The molecule has 0 radical (unpaired) electrons. The molecule has 9 heteroatoms. The summed E-state index contributed by atoms with van der Waals surface area (Å²) >= 11 is 0. The Bertz CT molecular complexity index is 1120. The number of hydrogen-bond acceptors (Lipinski definition) is 5. The summed E-state index contributed by atoms with van der Waals surface area (Å²) in [6, 6.07) is 7.92. The molecular weight excluding hydrogens is 422 g/mol. The van der Waals surface area contributed by atoms with Gasteiger partial charge in [0.1, 0.15) is 23.5 Å². The van der Waals surface area contributed by atoms with E-state index < -0.39 is 12.1 Å². The molecule has 3 heterocycles. The van der Waals surface area contributed by atoms with E-state index in [0.717, 1.165) is 10.9 Å². The van der Waals surface area contributed by atoms with Gasteiger partial charge in [-0.15, -0.1) is 0 Å². The van der Waals surface area contributed by atoms with Crippen molar-refractivity contribution in [3.8, 4) is 11.8 Å². The first-order valence-electron chi connectivity index (χ1n) is 11.3. The van der Waals surface area contributed by atoms with Crippen molar-refractivity contribution in [2.75, 3.05) is 20.2 Å². The average molecular weight is 452 g/mol. The molecular formula is C24H29N5O4. The summed E-state index contributed by atoms with van der Waals surface area (Å²) < 4.78 is 5.38. The topological polar surface area (TPSA) is 127 Å². The fourth-order valence-corrected chi connectivity index (χ4v) is 4.79. The number of nitrogens with zero attached hydrogens (tertiary/aromatic N) is 2. The van der Waals surface area contributed by atoms with Gasteiger partial charge >= 0.3 is 0 Å². The number of aromatic nitrogens is 1. The average Bonchev–Trinajstić information content (AvgIpc) is 3.38. The molecule has 0 aliphatic carbocycles. The first kappa shape index (κ1) is 22.6. The molecule has 3 amide bonds. The van der Waals surface area contributed by atoms with E-state index in [4.69, 9.17) is 4.74 Å². The number of aromatic amines is 1. The summed E-state index contributed by atoms with van der Waals surface area (Å²) in [6.07, 6.45) is 0.919. The Hall–Kier alpha value is -3.54. The van der Waals surface area contributed by atoms with Gasteiger partial charge in [0.05, 0.1) is 13.2 Å². The Labute approximate surface area is 192 Å². The SMILES string of the molecule is COc1cccc2[nH]c(C(=O)N3CC(C(C)C)C3C(=O)NC(C#N)CC3CCNC3=O)cc12. The second kappa shape index (κ2) is 9.14. The number of ether oxygens (including phenoxy) is 1. The molecule has 4 unspecified atom stereocenters. The number of carbonyl (C=O) groups is 3. The Morgan fingerprint density at radius 1 is 1.36 bits per heavy atom. The zero-order valence-corrected chi connectivity index (χ0v) is 19.1. The van der Waals surface area contributed by atoms with Crippen molar-refractivity contribution in [1.82, 2.24) is 20.5 Å². The summed E-state index contributed by atoms with van der Waals surface area (Å²) in [5.41, 5.74) is 1.16. The van der Waals surface area contributed by atoms with Gasteiger partial charge in [-0.2, -0.15) is 5.26 Å². The third-order valence-electron chi connectivity index (χ3n) is 6.76. The smallest absolute Gasteiger partial charge is 0.271 e. The van der Waals surface area contributed by atoms with Crippen LogP contribution in [0.3, 0.4) is 0 Å². The van der Waals surface area contributed by atoms with Crippen LogP contribution in [0.15, 0.2) is 24.3 Å². The molecule has 1 aromatic carbocycles. The first-order valence-corrected chi connectivity index (χ1v) is 11.3. The highest BCUT2D eigenvalue weighted by Gasteiger charge is 2.48. The Morgan fingerprint density at radius 2 is 2.15 bits per heavy atom. The molecule has 0 bridgehead atoms. The van der Waals surface area contributed by atoms with Crippen LogP contribution in [-0.2, 0) is 9.59 Å².